The van der Waals surface area contributed by atoms with Crippen LogP contribution in [0, 0.1) is 0 Å². The third-order valence-electron chi connectivity index (χ3n) is 3.33. The highest BCUT2D eigenvalue weighted by Gasteiger charge is 2.50. The molecule has 0 radical (unpaired) electrons. The highest BCUT2D eigenvalue weighted by Crippen LogP contribution is 2.32. The number of piperazine rings is 1. The van der Waals surface area contributed by atoms with Crippen LogP contribution in [0.5, 0.6) is 0 Å². The van der Waals surface area contributed by atoms with Gasteiger partial charge in [0.25, 0.3) is 0 Å². The van der Waals surface area contributed by atoms with E-state index in [1.165, 1.54) is 0 Å². The quantitative estimate of drug-likeness (QED) is 0.748. The molecule has 2 fully saturated rings. The molecule has 2 aliphatic heterocycles. The Morgan fingerprint density at radius 2 is 2.00 bits per heavy atom. The van der Waals surface area contributed by atoms with E-state index in [1.54, 1.807) is 0 Å². The van der Waals surface area contributed by atoms with Crippen molar-refractivity contribution in [2.45, 2.75) is 30.4 Å². The molecule has 100 valence electrons. The lowest BCUT2D eigenvalue weighted by Gasteiger charge is -2.40. The monoisotopic (exact) mass is 272 g/mol. The van der Waals surface area contributed by atoms with Crippen molar-refractivity contribution >= 4 is 9.84 Å². The number of sulfone groups is 1. The molecule has 2 saturated heterocycles. The van der Waals surface area contributed by atoms with Crippen LogP contribution in [0.3, 0.4) is 0 Å². The first-order valence-corrected chi connectivity index (χ1v) is 7.28. The van der Waals surface area contributed by atoms with Gasteiger partial charge in [-0.1, -0.05) is 0 Å². The Morgan fingerprint density at radius 3 is 2.53 bits per heavy atom. The Hall–Kier alpha value is -0.340. The van der Waals surface area contributed by atoms with E-state index in [4.69, 9.17) is 0 Å². The highest BCUT2D eigenvalue weighted by molar-refractivity contribution is 7.92. The predicted octanol–water partition coefficient (Wildman–Crippen LogP) is 0.357. The molecule has 2 atom stereocenters. The molecule has 2 aliphatic rings. The van der Waals surface area contributed by atoms with Crippen LogP contribution in [0.1, 0.15) is 12.8 Å². The van der Waals surface area contributed by atoms with Crippen molar-refractivity contribution in [1.29, 1.82) is 0 Å². The minimum Gasteiger partial charge on any atom is -0.314 e. The first kappa shape index (κ1) is 13.1. The van der Waals surface area contributed by atoms with E-state index in [-0.39, 0.29) is 18.8 Å². The number of hydrogen-bond acceptors (Lipinski definition) is 4. The second kappa shape index (κ2) is 4.40. The normalized spacial score (nSPS) is 35.0. The molecule has 0 saturated carbocycles. The molecular formula is C9H15F3N2O2S. The number of halogens is 3. The SMILES string of the molecule is O=S1(=O)CCCC1N1CCNCC1C(F)(F)F. The van der Waals surface area contributed by atoms with Crippen molar-refractivity contribution in [3.8, 4) is 0 Å². The van der Waals surface area contributed by atoms with E-state index in [1.807, 2.05) is 0 Å². The van der Waals surface area contributed by atoms with Crippen LogP contribution in [0.25, 0.3) is 0 Å². The van der Waals surface area contributed by atoms with E-state index in [0.717, 1.165) is 4.90 Å². The van der Waals surface area contributed by atoms with Gasteiger partial charge >= 0.3 is 6.18 Å². The lowest BCUT2D eigenvalue weighted by Crippen LogP contribution is -2.61. The van der Waals surface area contributed by atoms with Gasteiger partial charge in [-0.05, 0) is 12.8 Å². The zero-order valence-electron chi connectivity index (χ0n) is 9.20. The molecule has 2 rings (SSSR count). The third-order valence-corrected chi connectivity index (χ3v) is 5.52. The maximum Gasteiger partial charge on any atom is 0.405 e. The molecular weight excluding hydrogens is 257 g/mol. The molecule has 0 aromatic carbocycles. The number of nitrogens with zero attached hydrogens (tertiary/aromatic N) is 1. The molecule has 2 heterocycles. The van der Waals surface area contributed by atoms with Crippen LogP contribution in [-0.2, 0) is 9.84 Å². The number of nitrogens with one attached hydrogen (secondary N) is 1. The molecule has 0 amide bonds. The fraction of sp³-hybridized carbons (Fsp3) is 1.00. The van der Waals surface area contributed by atoms with Crippen LogP contribution in [0.4, 0.5) is 13.2 Å². The summed E-state index contributed by atoms with van der Waals surface area (Å²) in [6.07, 6.45) is -3.61. The van der Waals surface area contributed by atoms with Gasteiger partial charge in [0.05, 0.1) is 5.75 Å². The van der Waals surface area contributed by atoms with Gasteiger partial charge in [-0.25, -0.2) is 8.42 Å². The summed E-state index contributed by atoms with van der Waals surface area (Å²) >= 11 is 0. The van der Waals surface area contributed by atoms with Gasteiger partial charge in [-0.3, -0.25) is 4.90 Å². The molecule has 8 heteroatoms. The lowest BCUT2D eigenvalue weighted by atomic mass is 10.1. The third kappa shape index (κ3) is 2.58. The number of rotatable bonds is 1. The average molecular weight is 272 g/mol. The largest absolute Gasteiger partial charge is 0.405 e. The Kier molecular flexibility index (Phi) is 3.39. The summed E-state index contributed by atoms with van der Waals surface area (Å²) in [6.45, 7) is 0.308. The molecule has 0 aliphatic carbocycles. The van der Waals surface area contributed by atoms with Crippen molar-refractivity contribution < 1.29 is 21.6 Å². The van der Waals surface area contributed by atoms with Crippen LogP contribution in [0.2, 0.25) is 0 Å². The van der Waals surface area contributed by atoms with Crippen LogP contribution in [0.15, 0.2) is 0 Å². The zero-order chi connectivity index (χ0) is 12.7. The van der Waals surface area contributed by atoms with Crippen molar-refractivity contribution in [3.05, 3.63) is 0 Å². The van der Waals surface area contributed by atoms with Crippen molar-refractivity contribution in [2.75, 3.05) is 25.4 Å². The Balaban J connectivity index is 2.23. The van der Waals surface area contributed by atoms with E-state index in [0.29, 0.717) is 19.4 Å². The Labute approximate surface area is 98.1 Å². The fourth-order valence-electron chi connectivity index (χ4n) is 2.52. The fourth-order valence-corrected chi connectivity index (χ4v) is 4.55. The summed E-state index contributed by atoms with van der Waals surface area (Å²) in [5.74, 6) is 0.00612. The molecule has 4 nitrogen and oxygen atoms in total. The van der Waals surface area contributed by atoms with Crippen molar-refractivity contribution in [1.82, 2.24) is 10.2 Å². The smallest absolute Gasteiger partial charge is 0.314 e. The van der Waals surface area contributed by atoms with Gasteiger partial charge in [0.15, 0.2) is 9.84 Å². The molecule has 0 aromatic rings. The Bertz CT molecular complexity index is 382. The minimum absolute atomic E-state index is 0.00612. The first-order chi connectivity index (χ1) is 7.82. The van der Waals surface area contributed by atoms with Gasteiger partial charge in [0.2, 0.25) is 0 Å². The number of hydrogen-bond donors (Lipinski definition) is 1. The summed E-state index contributed by atoms with van der Waals surface area (Å²) in [6, 6.07) is -1.69. The minimum atomic E-state index is -4.38. The zero-order valence-corrected chi connectivity index (χ0v) is 10.0. The summed E-state index contributed by atoms with van der Waals surface area (Å²) in [7, 11) is -3.38. The first-order valence-electron chi connectivity index (χ1n) is 5.57. The molecule has 2 unspecified atom stereocenters. The molecule has 1 N–H and O–H groups in total. The lowest BCUT2D eigenvalue weighted by molar-refractivity contribution is -0.189. The summed E-state index contributed by atoms with van der Waals surface area (Å²) < 4.78 is 61.9. The maximum atomic E-state index is 12.8. The van der Waals surface area contributed by atoms with E-state index in [9.17, 15) is 21.6 Å². The topological polar surface area (TPSA) is 49.4 Å². The van der Waals surface area contributed by atoms with Gasteiger partial charge in [-0.15, -0.1) is 0 Å². The average Bonchev–Trinajstić information content (AvgIpc) is 2.57. The van der Waals surface area contributed by atoms with Crippen LogP contribution < -0.4 is 5.32 Å². The van der Waals surface area contributed by atoms with Gasteiger partial charge in [-0.2, -0.15) is 13.2 Å². The summed E-state index contributed by atoms with van der Waals surface area (Å²) in [4.78, 5) is 1.11. The highest BCUT2D eigenvalue weighted by atomic mass is 32.2. The van der Waals surface area contributed by atoms with Gasteiger partial charge in [0, 0.05) is 19.6 Å². The Morgan fingerprint density at radius 1 is 1.29 bits per heavy atom. The second-order valence-corrected chi connectivity index (χ2v) is 6.74. The molecule has 0 spiro atoms. The van der Waals surface area contributed by atoms with E-state index in [2.05, 4.69) is 5.32 Å². The molecule has 0 bridgehead atoms. The predicted molar refractivity (Wildman–Crippen MR) is 56.2 cm³/mol. The molecule has 0 aromatic heterocycles. The summed E-state index contributed by atoms with van der Waals surface area (Å²) in [5, 5.41) is 1.72. The van der Waals surface area contributed by atoms with Crippen LogP contribution in [-0.4, -0.2) is 56.3 Å². The maximum absolute atomic E-state index is 12.8. The van der Waals surface area contributed by atoms with Crippen molar-refractivity contribution in [3.63, 3.8) is 0 Å². The van der Waals surface area contributed by atoms with Gasteiger partial charge in [0.1, 0.15) is 11.4 Å². The van der Waals surface area contributed by atoms with E-state index < -0.39 is 27.4 Å². The van der Waals surface area contributed by atoms with Crippen molar-refractivity contribution in [2.24, 2.45) is 0 Å². The number of alkyl halides is 3. The van der Waals surface area contributed by atoms with Crippen LogP contribution >= 0.6 is 0 Å². The second-order valence-electron chi connectivity index (χ2n) is 4.46. The standard InChI is InChI=1S/C9H15F3N2O2S/c10-9(11,12)7-6-13-3-4-14(7)8-2-1-5-17(8,15)16/h7-8,13H,1-6H2. The molecule has 17 heavy (non-hydrogen) atoms. The van der Waals surface area contributed by atoms with Gasteiger partial charge < -0.3 is 5.32 Å². The van der Waals surface area contributed by atoms with E-state index >= 15 is 0 Å². The summed E-state index contributed by atoms with van der Waals surface area (Å²) in [5.41, 5.74) is 0.